The van der Waals surface area contributed by atoms with Crippen LogP contribution >= 0.6 is 0 Å². The van der Waals surface area contributed by atoms with Crippen LogP contribution in [0.1, 0.15) is 24.2 Å². The van der Waals surface area contributed by atoms with Gasteiger partial charge in [0.15, 0.2) is 23.9 Å². The molecule has 3 aliphatic heterocycles. The Bertz CT molecular complexity index is 1350. The minimum absolute atomic E-state index is 0.00925. The number of ether oxygens (including phenoxy) is 7. The molecule has 8 N–H and O–H groups in total. The van der Waals surface area contributed by atoms with Gasteiger partial charge in [0.05, 0.1) is 32.5 Å². The fraction of sp³-hybridized carbons (Fsp3) is 0.517. The Labute approximate surface area is 251 Å². The third-order valence-electron chi connectivity index (χ3n) is 7.78. The van der Waals surface area contributed by atoms with E-state index in [-0.39, 0.29) is 34.3 Å². The summed E-state index contributed by atoms with van der Waals surface area (Å²) in [5, 5.41) is 83.1. The summed E-state index contributed by atoms with van der Waals surface area (Å²) >= 11 is 0. The van der Waals surface area contributed by atoms with E-state index in [2.05, 4.69) is 0 Å². The molecule has 242 valence electrons. The van der Waals surface area contributed by atoms with Crippen molar-refractivity contribution in [2.75, 3.05) is 20.8 Å². The molecule has 0 radical (unpaired) electrons. The third kappa shape index (κ3) is 6.10. The molecular weight excluding hydrogens is 588 g/mol. The maximum Gasteiger partial charge on any atom is 0.228 e. The summed E-state index contributed by atoms with van der Waals surface area (Å²) in [6, 6.07) is 7.33. The van der Waals surface area contributed by atoms with Crippen LogP contribution in [0.25, 0.3) is 6.08 Å². The maximum atomic E-state index is 10.8. The predicted octanol–water partition coefficient (Wildman–Crippen LogP) is -0.742. The van der Waals surface area contributed by atoms with Crippen molar-refractivity contribution in [3.63, 3.8) is 0 Å². The molecule has 44 heavy (non-hydrogen) atoms. The van der Waals surface area contributed by atoms with Crippen molar-refractivity contribution in [1.82, 2.24) is 0 Å². The molecule has 5 rings (SSSR count). The van der Waals surface area contributed by atoms with Crippen molar-refractivity contribution in [3.8, 4) is 28.7 Å². The zero-order valence-electron chi connectivity index (χ0n) is 24.0. The van der Waals surface area contributed by atoms with Gasteiger partial charge in [0.2, 0.25) is 6.29 Å². The molecule has 0 saturated carbocycles. The van der Waals surface area contributed by atoms with Crippen molar-refractivity contribution < 1.29 is 74.0 Å². The molecule has 2 aromatic carbocycles. The molecule has 2 aromatic rings. The average molecular weight is 625 g/mol. The second-order valence-corrected chi connectivity index (χ2v) is 10.7. The Kier molecular flexibility index (Phi) is 9.41. The molecule has 0 bridgehead atoms. The molecule has 0 aliphatic carbocycles. The Morgan fingerprint density at radius 1 is 0.750 bits per heavy atom. The minimum Gasteiger partial charge on any atom is -0.507 e. The molecule has 2 saturated heterocycles. The number of fused-ring (bicyclic) bond motifs is 1. The number of methoxy groups -OCH3 is 2. The molecule has 3 heterocycles. The summed E-state index contributed by atoms with van der Waals surface area (Å²) in [5.74, 6) is 0.346. The average Bonchev–Trinajstić information content (AvgIpc) is 3.01. The van der Waals surface area contributed by atoms with Gasteiger partial charge in [0.25, 0.3) is 0 Å². The summed E-state index contributed by atoms with van der Waals surface area (Å²) in [6.07, 6.45) is -14.5. The van der Waals surface area contributed by atoms with Crippen molar-refractivity contribution in [3.05, 3.63) is 47.2 Å². The highest BCUT2D eigenvalue weighted by molar-refractivity contribution is 5.70. The second-order valence-electron chi connectivity index (χ2n) is 10.7. The van der Waals surface area contributed by atoms with E-state index >= 15 is 0 Å². The summed E-state index contributed by atoms with van der Waals surface area (Å²) in [6.45, 7) is 0.984. The number of aliphatic hydroxyl groups excluding tert-OH is 6. The first-order chi connectivity index (χ1) is 20.9. The quantitative estimate of drug-likeness (QED) is 0.181. The van der Waals surface area contributed by atoms with Crippen molar-refractivity contribution >= 4 is 6.08 Å². The van der Waals surface area contributed by atoms with Gasteiger partial charge in [-0.1, -0.05) is 6.07 Å². The summed E-state index contributed by atoms with van der Waals surface area (Å²) in [4.78, 5) is 0. The lowest BCUT2D eigenvalue weighted by atomic mass is 9.98. The number of aliphatic hydroxyl groups is 6. The Balaban J connectivity index is 1.41. The summed E-state index contributed by atoms with van der Waals surface area (Å²) in [5.41, 5.74) is 0.648. The van der Waals surface area contributed by atoms with Gasteiger partial charge in [-0.3, -0.25) is 0 Å². The van der Waals surface area contributed by atoms with Gasteiger partial charge in [-0.15, -0.1) is 0 Å². The summed E-state index contributed by atoms with van der Waals surface area (Å²) < 4.78 is 39.4. The fourth-order valence-corrected chi connectivity index (χ4v) is 5.16. The maximum absolute atomic E-state index is 10.8. The van der Waals surface area contributed by atoms with Crippen molar-refractivity contribution in [2.45, 2.75) is 74.4 Å². The number of hydrogen-bond donors (Lipinski definition) is 8. The lowest BCUT2D eigenvalue weighted by molar-refractivity contribution is -0.324. The number of benzene rings is 2. The Morgan fingerprint density at radius 3 is 2.16 bits per heavy atom. The van der Waals surface area contributed by atoms with Gasteiger partial charge in [0.1, 0.15) is 65.7 Å². The van der Waals surface area contributed by atoms with E-state index in [1.807, 2.05) is 0 Å². The van der Waals surface area contributed by atoms with Gasteiger partial charge in [-0.25, -0.2) is 0 Å². The normalized spacial score (nSPS) is 35.2. The van der Waals surface area contributed by atoms with Crippen LogP contribution in [0.2, 0.25) is 0 Å². The first kappa shape index (κ1) is 32.0. The molecule has 11 unspecified atom stereocenters. The molecule has 2 fully saturated rings. The number of phenols is 2. The molecule has 11 atom stereocenters. The second kappa shape index (κ2) is 12.9. The zero-order valence-corrected chi connectivity index (χ0v) is 24.0. The van der Waals surface area contributed by atoms with Crippen molar-refractivity contribution in [1.29, 1.82) is 0 Å². The number of rotatable bonds is 8. The van der Waals surface area contributed by atoms with Gasteiger partial charge in [-0.05, 0) is 25.1 Å². The number of aromatic hydroxyl groups is 2. The smallest absolute Gasteiger partial charge is 0.228 e. The first-order valence-corrected chi connectivity index (χ1v) is 13.8. The minimum atomic E-state index is -1.77. The predicted molar refractivity (Wildman–Crippen MR) is 147 cm³/mol. The standard InChI is InChI=1S/C29H36O15/c1-11-21(32)23(34)25(36)28(41-11)40-10-20-22(33)24(35)26(37)29(44-20)43-19-9-14-16(31)7-13(38-2)8-17(14)42-27(19)12-4-5-15(30)18(6-12)39-3/h4-9,11,20-37H,10H2,1-3H3. The van der Waals surface area contributed by atoms with E-state index < -0.39 is 74.1 Å². The van der Waals surface area contributed by atoms with E-state index in [1.54, 1.807) is 12.1 Å². The van der Waals surface area contributed by atoms with E-state index in [4.69, 9.17) is 33.2 Å². The molecule has 0 aromatic heterocycles. The highest BCUT2D eigenvalue weighted by Gasteiger charge is 2.48. The van der Waals surface area contributed by atoms with Crippen LogP contribution in [0.4, 0.5) is 0 Å². The van der Waals surface area contributed by atoms with Crippen LogP contribution in [0.5, 0.6) is 28.7 Å². The van der Waals surface area contributed by atoms with E-state index in [0.717, 1.165) is 0 Å². The first-order valence-electron chi connectivity index (χ1n) is 13.8. The lowest BCUT2D eigenvalue weighted by Gasteiger charge is -2.43. The molecule has 15 nitrogen and oxygen atoms in total. The Hall–Kier alpha value is -3.38. The van der Waals surface area contributed by atoms with Crippen LogP contribution < -0.4 is 14.2 Å². The van der Waals surface area contributed by atoms with Crippen LogP contribution in [-0.4, -0.2) is 123 Å². The molecule has 0 spiro atoms. The summed E-state index contributed by atoms with van der Waals surface area (Å²) in [7, 11) is 2.79. The third-order valence-corrected chi connectivity index (χ3v) is 7.78. The van der Waals surface area contributed by atoms with Gasteiger partial charge in [-0.2, -0.15) is 0 Å². The van der Waals surface area contributed by atoms with Crippen LogP contribution in [0.3, 0.4) is 0 Å². The highest BCUT2D eigenvalue weighted by atomic mass is 16.7. The van der Waals surface area contributed by atoms with Gasteiger partial charge in [0, 0.05) is 17.7 Å². The SMILES string of the molecule is COc1cc(O)c2c(c1)OC(c1ccc(O)c(OC)c1)C(OC1OC(COC3OC(C)C(O)C(O)C3O)C(O)C(O)C1O)=C2. The molecule has 3 aliphatic rings. The van der Waals surface area contributed by atoms with Gasteiger partial charge >= 0.3 is 0 Å². The fourth-order valence-electron chi connectivity index (χ4n) is 5.16. The van der Waals surface area contributed by atoms with E-state index in [1.165, 1.54) is 45.4 Å². The number of phenolic OH excluding ortho intramolecular Hbond substituents is 2. The van der Waals surface area contributed by atoms with Gasteiger partial charge < -0.3 is 74.0 Å². The number of hydrogen-bond acceptors (Lipinski definition) is 15. The van der Waals surface area contributed by atoms with E-state index in [0.29, 0.717) is 11.3 Å². The van der Waals surface area contributed by atoms with E-state index in [9.17, 15) is 40.9 Å². The molecular formula is C29H36O15. The van der Waals surface area contributed by atoms with Crippen LogP contribution in [-0.2, 0) is 18.9 Å². The van der Waals surface area contributed by atoms with Crippen LogP contribution in [0, 0.1) is 0 Å². The Morgan fingerprint density at radius 2 is 1.45 bits per heavy atom. The topological polar surface area (TPSA) is 226 Å². The molecule has 15 heteroatoms. The van der Waals surface area contributed by atoms with Crippen molar-refractivity contribution in [2.24, 2.45) is 0 Å². The monoisotopic (exact) mass is 624 g/mol. The molecule has 0 amide bonds. The highest BCUT2D eigenvalue weighted by Crippen LogP contribution is 2.45. The lowest BCUT2D eigenvalue weighted by Crippen LogP contribution is -2.61. The largest absolute Gasteiger partial charge is 0.507 e. The zero-order chi connectivity index (χ0) is 31.9. The van der Waals surface area contributed by atoms with Crippen LogP contribution in [0.15, 0.2) is 36.1 Å².